The zero-order chi connectivity index (χ0) is 25.3. The number of carbonyl (C=O) groups excluding carboxylic acids is 2. The third-order valence-electron chi connectivity index (χ3n) is 6.46. The molecule has 1 amide bonds. The highest BCUT2D eigenvalue weighted by molar-refractivity contribution is 6.10. The van der Waals surface area contributed by atoms with Gasteiger partial charge in [0.1, 0.15) is 5.75 Å². The molecule has 2 aromatic rings. The molecule has 7 heteroatoms. The van der Waals surface area contributed by atoms with Crippen molar-refractivity contribution in [1.29, 1.82) is 0 Å². The van der Waals surface area contributed by atoms with Gasteiger partial charge in [-0.2, -0.15) is 0 Å². The monoisotopic (exact) mass is 476 g/mol. The maximum Gasteiger partial charge on any atom is 0.254 e. The van der Waals surface area contributed by atoms with Crippen LogP contribution in [0, 0.1) is 5.41 Å². The van der Waals surface area contributed by atoms with E-state index in [0.29, 0.717) is 59.0 Å². The summed E-state index contributed by atoms with van der Waals surface area (Å²) in [4.78, 5) is 27.2. The number of para-hydroxylation sites is 2. The van der Waals surface area contributed by atoms with Crippen molar-refractivity contribution >= 4 is 17.4 Å². The highest BCUT2D eigenvalue weighted by Gasteiger charge is 2.43. The molecule has 0 saturated carbocycles. The third kappa shape index (κ3) is 4.76. The average Bonchev–Trinajstić information content (AvgIpc) is 2.79. The molecule has 0 saturated heterocycles. The van der Waals surface area contributed by atoms with E-state index in [2.05, 4.69) is 24.5 Å². The SMILES string of the molecule is CCOc1cc([C@@H]2C(C(=O)Nc3ccccc3OC)=C(C)NC3=C2C(=O)CC(C)(C)C3)ccc1O. The van der Waals surface area contributed by atoms with E-state index in [4.69, 9.17) is 9.47 Å². The number of hydrogen-bond acceptors (Lipinski definition) is 6. The lowest BCUT2D eigenvalue weighted by Crippen LogP contribution is -2.39. The molecule has 2 aromatic carbocycles. The van der Waals surface area contributed by atoms with Crippen LogP contribution in [0.2, 0.25) is 0 Å². The number of nitrogens with one attached hydrogen (secondary N) is 2. The minimum absolute atomic E-state index is 0.00914. The van der Waals surface area contributed by atoms with Crippen LogP contribution in [0.4, 0.5) is 5.69 Å². The van der Waals surface area contributed by atoms with Gasteiger partial charge in [-0.25, -0.2) is 0 Å². The molecule has 3 N–H and O–H groups in total. The van der Waals surface area contributed by atoms with Crippen LogP contribution in [0.3, 0.4) is 0 Å². The number of Topliss-reactive ketones (excluding diaryl/α,β-unsaturated/α-hetero) is 1. The summed E-state index contributed by atoms with van der Waals surface area (Å²) in [6, 6.07) is 12.2. The average molecular weight is 477 g/mol. The molecule has 0 unspecified atom stereocenters. The zero-order valence-corrected chi connectivity index (χ0v) is 20.8. The summed E-state index contributed by atoms with van der Waals surface area (Å²) in [5.41, 5.74) is 3.61. The maximum atomic E-state index is 13.7. The first-order valence-corrected chi connectivity index (χ1v) is 11.8. The minimum Gasteiger partial charge on any atom is -0.504 e. The standard InChI is InChI=1S/C28H32N2O5/c1-6-35-23-13-17(11-12-20(23)31)25-24(27(33)30-18-9-7-8-10-22(18)34-5)16(2)29-19-14-28(3,4)15-21(32)26(19)25/h7-13,25,29,31H,6,14-15H2,1-5H3,(H,30,33)/t25-/m1/s1. The Bertz CT molecular complexity index is 1240. The Hall–Kier alpha value is -3.74. The molecule has 0 fully saturated rings. The predicted octanol–water partition coefficient (Wildman–Crippen LogP) is 5.04. The van der Waals surface area contributed by atoms with E-state index in [-0.39, 0.29) is 22.9 Å². The van der Waals surface area contributed by atoms with Crippen molar-refractivity contribution < 1.29 is 24.2 Å². The van der Waals surface area contributed by atoms with Gasteiger partial charge >= 0.3 is 0 Å². The second kappa shape index (κ2) is 9.49. The molecule has 0 bridgehead atoms. The van der Waals surface area contributed by atoms with Gasteiger partial charge in [0, 0.05) is 34.9 Å². The molecule has 1 atom stereocenters. The Kier molecular flexibility index (Phi) is 6.61. The highest BCUT2D eigenvalue weighted by atomic mass is 16.5. The largest absolute Gasteiger partial charge is 0.504 e. The van der Waals surface area contributed by atoms with E-state index >= 15 is 0 Å². The van der Waals surface area contributed by atoms with Crippen LogP contribution < -0.4 is 20.1 Å². The summed E-state index contributed by atoms with van der Waals surface area (Å²) in [7, 11) is 1.55. The van der Waals surface area contributed by atoms with Gasteiger partial charge in [0.2, 0.25) is 0 Å². The van der Waals surface area contributed by atoms with E-state index in [1.165, 1.54) is 0 Å². The van der Waals surface area contributed by atoms with E-state index in [9.17, 15) is 14.7 Å². The Balaban J connectivity index is 1.84. The van der Waals surface area contributed by atoms with Crippen molar-refractivity contribution in [1.82, 2.24) is 5.32 Å². The lowest BCUT2D eigenvalue weighted by Gasteiger charge is -2.39. The fraction of sp³-hybridized carbons (Fsp3) is 0.357. The number of hydrogen-bond donors (Lipinski definition) is 3. The van der Waals surface area contributed by atoms with Gasteiger partial charge < -0.3 is 25.2 Å². The summed E-state index contributed by atoms with van der Waals surface area (Å²) >= 11 is 0. The number of ether oxygens (including phenoxy) is 2. The van der Waals surface area contributed by atoms with Crippen LogP contribution in [0.1, 0.15) is 52.0 Å². The Morgan fingerprint density at radius 3 is 2.63 bits per heavy atom. The van der Waals surface area contributed by atoms with Gasteiger partial charge in [-0.1, -0.05) is 32.0 Å². The van der Waals surface area contributed by atoms with Crippen molar-refractivity contribution in [2.45, 2.75) is 46.5 Å². The van der Waals surface area contributed by atoms with Crippen LogP contribution in [-0.2, 0) is 9.59 Å². The number of allylic oxidation sites excluding steroid dienone is 3. The number of dihydropyridines is 1. The zero-order valence-electron chi connectivity index (χ0n) is 20.8. The number of methoxy groups -OCH3 is 1. The number of anilines is 1. The van der Waals surface area contributed by atoms with Gasteiger partial charge in [0.05, 0.1) is 19.4 Å². The predicted molar refractivity (Wildman–Crippen MR) is 135 cm³/mol. The fourth-order valence-electron chi connectivity index (χ4n) is 4.99. The van der Waals surface area contributed by atoms with Gasteiger partial charge in [0.15, 0.2) is 17.3 Å². The van der Waals surface area contributed by atoms with E-state index < -0.39 is 5.92 Å². The van der Waals surface area contributed by atoms with Crippen LogP contribution in [0.15, 0.2) is 65.0 Å². The second-order valence-electron chi connectivity index (χ2n) is 9.74. The number of rotatable bonds is 6. The Morgan fingerprint density at radius 2 is 1.91 bits per heavy atom. The normalized spacial score (nSPS) is 19.1. The Morgan fingerprint density at radius 1 is 1.17 bits per heavy atom. The van der Waals surface area contributed by atoms with Crippen molar-refractivity contribution in [3.63, 3.8) is 0 Å². The number of ketones is 1. The van der Waals surface area contributed by atoms with Crippen molar-refractivity contribution in [3.05, 3.63) is 70.6 Å². The maximum absolute atomic E-state index is 13.7. The number of aromatic hydroxyl groups is 1. The second-order valence-corrected chi connectivity index (χ2v) is 9.74. The van der Waals surface area contributed by atoms with Crippen molar-refractivity contribution in [2.24, 2.45) is 5.41 Å². The molecule has 1 aliphatic heterocycles. The topological polar surface area (TPSA) is 96.9 Å². The minimum atomic E-state index is -0.607. The first-order chi connectivity index (χ1) is 16.6. The quantitative estimate of drug-likeness (QED) is 0.540. The molecule has 184 valence electrons. The van der Waals surface area contributed by atoms with E-state index in [1.807, 2.05) is 26.0 Å². The fourth-order valence-corrected chi connectivity index (χ4v) is 4.99. The van der Waals surface area contributed by atoms with Gasteiger partial charge in [-0.15, -0.1) is 0 Å². The molecule has 35 heavy (non-hydrogen) atoms. The summed E-state index contributed by atoms with van der Waals surface area (Å²) in [5, 5.41) is 16.6. The molecular weight excluding hydrogens is 444 g/mol. The number of phenolic OH excluding ortho intramolecular Hbond substituents is 1. The lowest BCUT2D eigenvalue weighted by molar-refractivity contribution is -0.118. The van der Waals surface area contributed by atoms with Crippen LogP contribution in [0.5, 0.6) is 17.2 Å². The third-order valence-corrected chi connectivity index (χ3v) is 6.46. The molecule has 1 aliphatic carbocycles. The summed E-state index contributed by atoms with van der Waals surface area (Å²) in [6.07, 6.45) is 1.08. The first-order valence-electron chi connectivity index (χ1n) is 11.8. The number of benzene rings is 2. The number of carbonyl (C=O) groups is 2. The first kappa shape index (κ1) is 24.4. The molecule has 2 aliphatic rings. The van der Waals surface area contributed by atoms with Gasteiger partial charge in [-0.3, -0.25) is 9.59 Å². The van der Waals surface area contributed by atoms with Crippen LogP contribution in [-0.4, -0.2) is 30.5 Å². The Labute approximate surface area is 205 Å². The molecule has 0 spiro atoms. The molecule has 7 nitrogen and oxygen atoms in total. The molecule has 0 aromatic heterocycles. The summed E-state index contributed by atoms with van der Waals surface area (Å²) < 4.78 is 11.0. The number of phenols is 1. The molecule has 4 rings (SSSR count). The molecule has 1 heterocycles. The lowest BCUT2D eigenvalue weighted by atomic mass is 9.68. The van der Waals surface area contributed by atoms with Crippen LogP contribution in [0.25, 0.3) is 0 Å². The highest BCUT2D eigenvalue weighted by Crippen LogP contribution is 2.48. The molecule has 0 radical (unpaired) electrons. The van der Waals surface area contributed by atoms with E-state index in [0.717, 1.165) is 5.70 Å². The van der Waals surface area contributed by atoms with Crippen molar-refractivity contribution in [2.75, 3.05) is 19.0 Å². The summed E-state index contributed by atoms with van der Waals surface area (Å²) in [5.74, 6) is -0.0657. The molecular formula is C28H32N2O5. The number of amides is 1. The van der Waals surface area contributed by atoms with Crippen LogP contribution >= 0.6 is 0 Å². The van der Waals surface area contributed by atoms with E-state index in [1.54, 1.807) is 37.4 Å². The van der Waals surface area contributed by atoms with Gasteiger partial charge in [-0.05, 0) is 55.5 Å². The van der Waals surface area contributed by atoms with Crippen molar-refractivity contribution in [3.8, 4) is 17.2 Å². The smallest absolute Gasteiger partial charge is 0.254 e. The summed E-state index contributed by atoms with van der Waals surface area (Å²) in [6.45, 7) is 8.20. The van der Waals surface area contributed by atoms with Gasteiger partial charge in [0.25, 0.3) is 5.91 Å².